The van der Waals surface area contributed by atoms with Gasteiger partial charge in [-0.15, -0.1) is 0 Å². The Morgan fingerprint density at radius 3 is 2.37 bits per heavy atom. The molecule has 0 aliphatic heterocycles. The predicted octanol–water partition coefficient (Wildman–Crippen LogP) is 3.21. The SMILES string of the molecule is C/C=C(\C/C=C(\C)C(O)(CC)C(C)CN(C)C)OC. The van der Waals surface area contributed by atoms with Crippen LogP contribution >= 0.6 is 0 Å². The summed E-state index contributed by atoms with van der Waals surface area (Å²) < 4.78 is 5.25. The molecule has 0 saturated heterocycles. The molecule has 0 saturated carbocycles. The van der Waals surface area contributed by atoms with Crippen molar-refractivity contribution < 1.29 is 9.84 Å². The van der Waals surface area contributed by atoms with Crippen molar-refractivity contribution in [1.29, 1.82) is 0 Å². The first-order chi connectivity index (χ1) is 8.81. The fraction of sp³-hybridized carbons (Fsp3) is 0.750. The monoisotopic (exact) mass is 269 g/mol. The van der Waals surface area contributed by atoms with E-state index >= 15 is 0 Å². The van der Waals surface area contributed by atoms with Crippen molar-refractivity contribution >= 4 is 0 Å². The average molecular weight is 269 g/mol. The molecule has 0 aliphatic rings. The van der Waals surface area contributed by atoms with Gasteiger partial charge < -0.3 is 14.7 Å². The maximum Gasteiger partial charge on any atom is 0.0950 e. The summed E-state index contributed by atoms with van der Waals surface area (Å²) in [7, 11) is 5.75. The van der Waals surface area contributed by atoms with Crippen LogP contribution in [0.1, 0.15) is 40.5 Å². The van der Waals surface area contributed by atoms with Gasteiger partial charge in [0.1, 0.15) is 0 Å². The zero-order valence-electron chi connectivity index (χ0n) is 13.7. The quantitative estimate of drug-likeness (QED) is 0.542. The number of nitrogens with zero attached hydrogens (tertiary/aromatic N) is 1. The molecule has 3 heteroatoms. The minimum Gasteiger partial charge on any atom is -0.501 e. The number of ether oxygens (including phenoxy) is 1. The van der Waals surface area contributed by atoms with Gasteiger partial charge in [-0.3, -0.25) is 0 Å². The summed E-state index contributed by atoms with van der Waals surface area (Å²) >= 11 is 0. The Morgan fingerprint density at radius 2 is 2.00 bits per heavy atom. The molecule has 0 bridgehead atoms. The molecule has 0 aromatic carbocycles. The lowest BCUT2D eigenvalue weighted by atomic mass is 9.79. The summed E-state index contributed by atoms with van der Waals surface area (Å²) in [5.41, 5.74) is 0.289. The molecule has 112 valence electrons. The van der Waals surface area contributed by atoms with Crippen molar-refractivity contribution in [2.45, 2.75) is 46.1 Å². The molecule has 0 rings (SSSR count). The summed E-state index contributed by atoms with van der Waals surface area (Å²) in [6.07, 6.45) is 5.49. The van der Waals surface area contributed by atoms with Gasteiger partial charge in [-0.2, -0.15) is 0 Å². The van der Waals surface area contributed by atoms with Gasteiger partial charge in [0.25, 0.3) is 0 Å². The first-order valence-electron chi connectivity index (χ1n) is 7.05. The molecule has 0 heterocycles. The van der Waals surface area contributed by atoms with Crippen molar-refractivity contribution in [2.75, 3.05) is 27.7 Å². The molecule has 2 unspecified atom stereocenters. The van der Waals surface area contributed by atoms with E-state index < -0.39 is 5.60 Å². The maximum absolute atomic E-state index is 10.9. The zero-order chi connectivity index (χ0) is 15.1. The highest BCUT2D eigenvalue weighted by atomic mass is 16.5. The van der Waals surface area contributed by atoms with E-state index in [2.05, 4.69) is 17.9 Å². The highest BCUT2D eigenvalue weighted by Crippen LogP contribution is 2.30. The van der Waals surface area contributed by atoms with Gasteiger partial charge in [0, 0.05) is 18.9 Å². The standard InChI is InChI=1S/C16H31NO2/c1-8-15(19-7)11-10-13(3)16(18,9-2)14(4)12-17(5)6/h8,10,14,18H,9,11-12H2,1-7H3/b13-10+,15-8+. The molecule has 0 aromatic heterocycles. The zero-order valence-corrected chi connectivity index (χ0v) is 13.7. The van der Waals surface area contributed by atoms with Gasteiger partial charge in [0.15, 0.2) is 0 Å². The molecule has 2 atom stereocenters. The summed E-state index contributed by atoms with van der Waals surface area (Å²) in [6.45, 7) is 8.99. The van der Waals surface area contributed by atoms with Gasteiger partial charge in [-0.05, 0) is 46.0 Å². The molecule has 0 amide bonds. The van der Waals surface area contributed by atoms with E-state index in [0.717, 1.165) is 30.7 Å². The van der Waals surface area contributed by atoms with Crippen LogP contribution in [-0.4, -0.2) is 43.4 Å². The van der Waals surface area contributed by atoms with Gasteiger partial charge in [0.2, 0.25) is 0 Å². The molecular weight excluding hydrogens is 238 g/mol. The van der Waals surface area contributed by atoms with E-state index in [1.165, 1.54) is 0 Å². The maximum atomic E-state index is 10.9. The van der Waals surface area contributed by atoms with Gasteiger partial charge in [-0.1, -0.05) is 19.9 Å². The second-order valence-corrected chi connectivity index (χ2v) is 5.49. The Bertz CT molecular complexity index is 321. The van der Waals surface area contributed by atoms with E-state index in [4.69, 9.17) is 4.74 Å². The second-order valence-electron chi connectivity index (χ2n) is 5.49. The molecule has 0 fully saturated rings. The number of rotatable bonds is 8. The molecule has 0 aliphatic carbocycles. The summed E-state index contributed by atoms with van der Waals surface area (Å²) in [6, 6.07) is 0. The molecule has 1 N–H and O–H groups in total. The summed E-state index contributed by atoms with van der Waals surface area (Å²) in [5, 5.41) is 10.9. The van der Waals surface area contributed by atoms with Gasteiger partial charge >= 0.3 is 0 Å². The van der Waals surface area contributed by atoms with Crippen molar-refractivity contribution in [3.63, 3.8) is 0 Å². The van der Waals surface area contributed by atoms with E-state index in [0.29, 0.717) is 0 Å². The van der Waals surface area contributed by atoms with Crippen LogP contribution in [0.25, 0.3) is 0 Å². The Labute approximate surface area is 119 Å². The van der Waals surface area contributed by atoms with Crippen LogP contribution in [-0.2, 0) is 4.74 Å². The van der Waals surface area contributed by atoms with E-state index in [1.54, 1.807) is 7.11 Å². The number of methoxy groups -OCH3 is 1. The van der Waals surface area contributed by atoms with Crippen LogP contribution in [0.4, 0.5) is 0 Å². The Kier molecular flexibility index (Phi) is 8.03. The molecule has 3 nitrogen and oxygen atoms in total. The van der Waals surface area contributed by atoms with Crippen LogP contribution in [0.2, 0.25) is 0 Å². The van der Waals surface area contributed by atoms with Crippen LogP contribution in [0, 0.1) is 5.92 Å². The number of hydrogen-bond acceptors (Lipinski definition) is 3. The molecule has 0 aromatic rings. The lowest BCUT2D eigenvalue weighted by molar-refractivity contribution is 0.0100. The molecule has 0 spiro atoms. The van der Waals surface area contributed by atoms with E-state index in [9.17, 15) is 5.11 Å². The van der Waals surface area contributed by atoms with Crippen LogP contribution < -0.4 is 0 Å². The molecule has 19 heavy (non-hydrogen) atoms. The summed E-state index contributed by atoms with van der Waals surface area (Å²) in [4.78, 5) is 2.12. The topological polar surface area (TPSA) is 32.7 Å². The first kappa shape index (κ1) is 18.2. The van der Waals surface area contributed by atoms with Crippen molar-refractivity contribution in [1.82, 2.24) is 4.90 Å². The van der Waals surface area contributed by atoms with Gasteiger partial charge in [0.05, 0.1) is 18.5 Å². The number of allylic oxidation sites excluding steroid dienone is 2. The van der Waals surface area contributed by atoms with E-state index in [-0.39, 0.29) is 5.92 Å². The lowest BCUT2D eigenvalue weighted by Gasteiger charge is -2.36. The number of hydrogen-bond donors (Lipinski definition) is 1. The minimum atomic E-state index is -0.739. The third-order valence-corrected chi connectivity index (χ3v) is 3.87. The van der Waals surface area contributed by atoms with Crippen LogP contribution in [0.3, 0.4) is 0 Å². The van der Waals surface area contributed by atoms with Crippen molar-refractivity contribution in [3.05, 3.63) is 23.5 Å². The van der Waals surface area contributed by atoms with Crippen LogP contribution in [0.15, 0.2) is 23.5 Å². The third kappa shape index (κ3) is 5.37. The minimum absolute atomic E-state index is 0.195. The predicted molar refractivity (Wildman–Crippen MR) is 82.1 cm³/mol. The number of aliphatic hydroxyl groups is 1. The average Bonchev–Trinajstić information content (AvgIpc) is 2.37. The Balaban J connectivity index is 4.95. The second kappa shape index (κ2) is 8.39. The highest BCUT2D eigenvalue weighted by Gasteiger charge is 2.33. The molecule has 0 radical (unpaired) electrons. The Morgan fingerprint density at radius 1 is 1.42 bits per heavy atom. The lowest BCUT2D eigenvalue weighted by Crippen LogP contribution is -2.42. The van der Waals surface area contributed by atoms with Crippen molar-refractivity contribution in [2.24, 2.45) is 5.92 Å². The first-order valence-corrected chi connectivity index (χ1v) is 7.05. The normalized spacial score (nSPS) is 18.4. The van der Waals surface area contributed by atoms with Gasteiger partial charge in [-0.25, -0.2) is 0 Å². The van der Waals surface area contributed by atoms with Crippen molar-refractivity contribution in [3.8, 4) is 0 Å². The van der Waals surface area contributed by atoms with Crippen LogP contribution in [0.5, 0.6) is 0 Å². The smallest absolute Gasteiger partial charge is 0.0950 e. The fourth-order valence-electron chi connectivity index (χ4n) is 2.46. The molecular formula is C16H31NO2. The highest BCUT2D eigenvalue weighted by molar-refractivity contribution is 5.18. The summed E-state index contributed by atoms with van der Waals surface area (Å²) in [5.74, 6) is 1.12. The van der Waals surface area contributed by atoms with E-state index in [1.807, 2.05) is 40.9 Å². The third-order valence-electron chi connectivity index (χ3n) is 3.87. The Hall–Kier alpha value is -0.800. The largest absolute Gasteiger partial charge is 0.501 e. The fourth-order valence-corrected chi connectivity index (χ4v) is 2.46.